The largest absolute Gasteiger partial charge is 1.00 e. The molecule has 21 heavy (non-hydrogen) atoms. The topological polar surface area (TPSA) is 29.5 Å². The summed E-state index contributed by atoms with van der Waals surface area (Å²) in [6, 6.07) is 10.3. The first-order valence-electron chi connectivity index (χ1n) is 7.15. The lowest BCUT2D eigenvalue weighted by atomic mass is 10.1. The van der Waals surface area contributed by atoms with Crippen molar-refractivity contribution in [1.29, 1.82) is 0 Å². The van der Waals surface area contributed by atoms with Crippen LogP contribution in [0, 0.1) is 0 Å². The predicted octanol–water partition coefficient (Wildman–Crippen LogP) is -0.405. The molecule has 1 aromatic carbocycles. The molecule has 0 N–H and O–H groups in total. The highest BCUT2D eigenvalue weighted by atomic mass is 79.9. The first kappa shape index (κ1) is 18.5. The van der Waals surface area contributed by atoms with Crippen LogP contribution in [0.15, 0.2) is 30.3 Å². The van der Waals surface area contributed by atoms with E-state index in [-0.39, 0.29) is 46.1 Å². The fourth-order valence-electron chi connectivity index (χ4n) is 2.62. The number of nitrogens with zero attached hydrogens (tertiary/aromatic N) is 1. The van der Waals surface area contributed by atoms with Gasteiger partial charge >= 0.3 is 0 Å². The Hall–Kier alpha value is -0.520. The summed E-state index contributed by atoms with van der Waals surface area (Å²) in [5.74, 6) is 0.843. The Morgan fingerprint density at radius 2 is 2.00 bits per heavy atom. The van der Waals surface area contributed by atoms with Crippen molar-refractivity contribution in [3.63, 3.8) is 0 Å². The van der Waals surface area contributed by atoms with Crippen LogP contribution in [-0.2, 0) is 20.4 Å². The molecule has 1 aromatic rings. The van der Waals surface area contributed by atoms with E-state index < -0.39 is 0 Å². The maximum absolute atomic E-state index is 12.6. The minimum Gasteiger partial charge on any atom is -1.00 e. The zero-order chi connectivity index (χ0) is 14.5. The van der Waals surface area contributed by atoms with Gasteiger partial charge in [0.1, 0.15) is 6.23 Å². The molecule has 5 heteroatoms. The SMILES string of the molecule is CCC[C@H]1OC[C@@H](c2ccccc2)N1C(=O)C[S+](C)C.[Br-]. The van der Waals surface area contributed by atoms with Crippen molar-refractivity contribution >= 4 is 16.8 Å². The Morgan fingerprint density at radius 3 is 2.57 bits per heavy atom. The zero-order valence-electron chi connectivity index (χ0n) is 12.9. The fourth-order valence-corrected chi connectivity index (χ4v) is 3.26. The van der Waals surface area contributed by atoms with Crippen LogP contribution in [0.4, 0.5) is 0 Å². The van der Waals surface area contributed by atoms with E-state index in [4.69, 9.17) is 4.74 Å². The molecule has 1 heterocycles. The highest BCUT2D eigenvalue weighted by Gasteiger charge is 2.39. The van der Waals surface area contributed by atoms with Gasteiger partial charge in [-0.05, 0) is 22.9 Å². The normalized spacial score (nSPS) is 21.4. The monoisotopic (exact) mass is 373 g/mol. The van der Waals surface area contributed by atoms with Crippen LogP contribution in [-0.4, -0.2) is 41.9 Å². The van der Waals surface area contributed by atoms with Gasteiger partial charge in [-0.1, -0.05) is 43.7 Å². The summed E-state index contributed by atoms with van der Waals surface area (Å²) >= 11 is 0. The lowest BCUT2D eigenvalue weighted by molar-refractivity contribution is -0.135. The molecule has 118 valence electrons. The van der Waals surface area contributed by atoms with Crippen molar-refractivity contribution in [3.8, 4) is 0 Å². The zero-order valence-corrected chi connectivity index (χ0v) is 15.3. The second-order valence-electron chi connectivity index (χ2n) is 5.43. The first-order chi connectivity index (χ1) is 9.63. The third-order valence-electron chi connectivity index (χ3n) is 3.51. The van der Waals surface area contributed by atoms with Crippen molar-refractivity contribution in [2.24, 2.45) is 0 Å². The third-order valence-corrected chi connectivity index (χ3v) is 4.34. The molecule has 0 unspecified atom stereocenters. The Balaban J connectivity index is 0.00000220. The van der Waals surface area contributed by atoms with Gasteiger partial charge in [0.15, 0.2) is 5.75 Å². The molecular formula is C16H24BrNO2S. The number of carbonyl (C=O) groups excluding carboxylic acids is 1. The summed E-state index contributed by atoms with van der Waals surface area (Å²) in [6.45, 7) is 2.74. The van der Waals surface area contributed by atoms with Gasteiger partial charge in [-0.3, -0.25) is 4.79 Å². The number of hydrogen-bond donors (Lipinski definition) is 0. The number of rotatable bonds is 5. The highest BCUT2D eigenvalue weighted by Crippen LogP contribution is 2.32. The molecule has 0 saturated carbocycles. The highest BCUT2D eigenvalue weighted by molar-refractivity contribution is 7.96. The van der Waals surface area contributed by atoms with Crippen molar-refractivity contribution in [3.05, 3.63) is 35.9 Å². The van der Waals surface area contributed by atoms with E-state index in [1.807, 2.05) is 23.1 Å². The van der Waals surface area contributed by atoms with Crippen LogP contribution in [0.1, 0.15) is 31.4 Å². The second kappa shape index (κ2) is 8.81. The molecule has 0 bridgehead atoms. The Morgan fingerprint density at radius 1 is 1.33 bits per heavy atom. The molecule has 2 atom stereocenters. The Bertz CT molecular complexity index is 441. The van der Waals surface area contributed by atoms with Gasteiger partial charge in [0, 0.05) is 0 Å². The number of amides is 1. The molecule has 0 radical (unpaired) electrons. The lowest BCUT2D eigenvalue weighted by Gasteiger charge is -2.27. The molecule has 1 fully saturated rings. The molecule has 1 saturated heterocycles. The van der Waals surface area contributed by atoms with E-state index in [9.17, 15) is 4.79 Å². The molecule has 2 rings (SSSR count). The third kappa shape index (κ3) is 4.73. The molecule has 0 spiro atoms. The smallest absolute Gasteiger partial charge is 0.275 e. The maximum atomic E-state index is 12.6. The molecule has 0 aliphatic carbocycles. The summed E-state index contributed by atoms with van der Waals surface area (Å²) in [7, 11) is 0.121. The van der Waals surface area contributed by atoms with E-state index >= 15 is 0 Å². The van der Waals surface area contributed by atoms with Gasteiger partial charge in [0.05, 0.1) is 25.2 Å². The van der Waals surface area contributed by atoms with Gasteiger partial charge in [-0.25, -0.2) is 0 Å². The van der Waals surface area contributed by atoms with Crippen LogP contribution in [0.25, 0.3) is 0 Å². The standard InChI is InChI=1S/C16H24NO2S.BrH/c1-4-8-16-17(15(18)12-20(2)3)14(11-19-16)13-9-6-5-7-10-13;/h5-7,9-10,14,16H,4,8,11-12H2,1-3H3;1H/q+1;/p-1/t14-,16+;/m0./s1. The van der Waals surface area contributed by atoms with Gasteiger partial charge in [0.25, 0.3) is 5.91 Å². The van der Waals surface area contributed by atoms with Crippen molar-refractivity contribution in [2.45, 2.75) is 32.0 Å². The van der Waals surface area contributed by atoms with E-state index in [2.05, 4.69) is 31.6 Å². The van der Waals surface area contributed by atoms with Gasteiger partial charge in [-0.15, -0.1) is 0 Å². The van der Waals surface area contributed by atoms with E-state index in [1.165, 1.54) is 5.56 Å². The van der Waals surface area contributed by atoms with Crippen LogP contribution in [0.2, 0.25) is 0 Å². The van der Waals surface area contributed by atoms with Crippen LogP contribution >= 0.6 is 0 Å². The van der Waals surface area contributed by atoms with Crippen LogP contribution < -0.4 is 17.0 Å². The summed E-state index contributed by atoms with van der Waals surface area (Å²) < 4.78 is 5.88. The van der Waals surface area contributed by atoms with E-state index in [0.29, 0.717) is 12.4 Å². The van der Waals surface area contributed by atoms with Gasteiger partial charge in [-0.2, -0.15) is 0 Å². The molecule has 1 aliphatic rings. The van der Waals surface area contributed by atoms with Crippen LogP contribution in [0.5, 0.6) is 0 Å². The van der Waals surface area contributed by atoms with Crippen molar-refractivity contribution in [1.82, 2.24) is 4.90 Å². The summed E-state index contributed by atoms with van der Waals surface area (Å²) in [4.78, 5) is 14.6. The number of carbonyl (C=O) groups is 1. The second-order valence-corrected chi connectivity index (χ2v) is 7.69. The lowest BCUT2D eigenvalue weighted by Crippen LogP contribution is -3.00. The molecule has 0 aromatic heterocycles. The first-order valence-corrected chi connectivity index (χ1v) is 9.36. The predicted molar refractivity (Wildman–Crippen MR) is 84.8 cm³/mol. The number of hydrogen-bond acceptors (Lipinski definition) is 2. The fraction of sp³-hybridized carbons (Fsp3) is 0.562. The average molecular weight is 374 g/mol. The van der Waals surface area contributed by atoms with Crippen LogP contribution in [0.3, 0.4) is 0 Å². The Labute approximate surface area is 141 Å². The summed E-state index contributed by atoms with van der Waals surface area (Å²) in [5, 5.41) is 0. The minimum absolute atomic E-state index is 0. The number of ether oxygens (including phenoxy) is 1. The van der Waals surface area contributed by atoms with E-state index in [1.54, 1.807) is 0 Å². The Kier molecular flexibility index (Phi) is 7.77. The molecule has 3 nitrogen and oxygen atoms in total. The maximum Gasteiger partial charge on any atom is 0.275 e. The minimum atomic E-state index is -0.0544. The van der Waals surface area contributed by atoms with Gasteiger partial charge < -0.3 is 26.6 Å². The van der Waals surface area contributed by atoms with Crippen molar-refractivity contribution in [2.75, 3.05) is 24.9 Å². The number of halogens is 1. The number of benzene rings is 1. The van der Waals surface area contributed by atoms with E-state index in [0.717, 1.165) is 12.8 Å². The average Bonchev–Trinajstić information content (AvgIpc) is 2.83. The molecule has 1 aliphatic heterocycles. The molecule has 1 amide bonds. The van der Waals surface area contributed by atoms with Gasteiger partial charge in [0.2, 0.25) is 0 Å². The summed E-state index contributed by atoms with van der Waals surface area (Å²) in [5.41, 5.74) is 1.17. The van der Waals surface area contributed by atoms with Crippen molar-refractivity contribution < 1.29 is 26.5 Å². The quantitative estimate of drug-likeness (QED) is 0.657. The molecular weight excluding hydrogens is 350 g/mol. The summed E-state index contributed by atoms with van der Waals surface area (Å²) in [6.07, 6.45) is 6.11.